The molecule has 0 aliphatic rings. The summed E-state index contributed by atoms with van der Waals surface area (Å²) in [7, 11) is 1.55. The molecule has 0 atom stereocenters. The van der Waals surface area contributed by atoms with Gasteiger partial charge in [0.1, 0.15) is 0 Å². The number of nitrogens with one attached hydrogen (secondary N) is 2. The number of aliphatic carboxylic acids is 1. The Morgan fingerprint density at radius 3 is 2.33 bits per heavy atom. The molecular formula is C30H32N4O5. The van der Waals surface area contributed by atoms with Crippen molar-refractivity contribution in [1.29, 1.82) is 0 Å². The van der Waals surface area contributed by atoms with Crippen LogP contribution in [0.5, 0.6) is 5.88 Å². The molecule has 39 heavy (non-hydrogen) atoms. The van der Waals surface area contributed by atoms with Gasteiger partial charge in [0.25, 0.3) is 5.91 Å². The van der Waals surface area contributed by atoms with E-state index in [2.05, 4.69) is 10.6 Å². The number of para-hydroxylation sites is 1. The molecule has 3 aromatic carbocycles. The van der Waals surface area contributed by atoms with Gasteiger partial charge in [0.05, 0.1) is 12.0 Å². The molecule has 1 aromatic heterocycles. The molecule has 1 heterocycles. The Kier molecular flexibility index (Phi) is 7.62. The number of benzene rings is 3. The van der Waals surface area contributed by atoms with Crippen LogP contribution in [0.25, 0.3) is 10.8 Å². The largest absolute Gasteiger partial charge is 0.494 e. The monoisotopic (exact) mass is 528 g/mol. The number of hydrogen-bond acceptors (Lipinski definition) is 4. The lowest BCUT2D eigenvalue weighted by Crippen LogP contribution is -2.28. The molecule has 202 valence electrons. The molecule has 0 saturated carbocycles. The number of rotatable bonds is 8. The standard InChI is InChI=1S/C30H32N4O5/c1-19-7-5-6-8-25(19)32-29(39)31-23-13-11-22(12-14-23)30(2,3)34-18-21-10-9-20(17-24(21)28(34)38)27(37)33(4)16-15-26(35)36/h5-14,17-18,38H,15-16H2,1-4H3,(H,35,36)(H2,31,32,39). The van der Waals surface area contributed by atoms with Gasteiger partial charge in [0.15, 0.2) is 5.88 Å². The van der Waals surface area contributed by atoms with Crippen molar-refractivity contribution in [3.63, 3.8) is 0 Å². The molecule has 0 saturated heterocycles. The predicted molar refractivity (Wildman–Crippen MR) is 152 cm³/mol. The lowest BCUT2D eigenvalue weighted by atomic mass is 9.93. The first-order valence-corrected chi connectivity index (χ1v) is 12.5. The number of carbonyl (C=O) groups is 3. The van der Waals surface area contributed by atoms with Crippen LogP contribution in [-0.4, -0.2) is 51.2 Å². The van der Waals surface area contributed by atoms with E-state index in [1.807, 2.05) is 63.4 Å². The second-order valence-electron chi connectivity index (χ2n) is 10.0. The van der Waals surface area contributed by atoms with E-state index in [1.165, 1.54) is 4.90 Å². The van der Waals surface area contributed by atoms with Crippen molar-refractivity contribution < 1.29 is 24.6 Å². The highest BCUT2D eigenvalue weighted by Crippen LogP contribution is 2.37. The number of fused-ring (bicyclic) bond motifs is 1. The third-order valence-electron chi connectivity index (χ3n) is 6.89. The van der Waals surface area contributed by atoms with Crippen molar-refractivity contribution in [2.75, 3.05) is 24.2 Å². The van der Waals surface area contributed by atoms with Gasteiger partial charge in [-0.25, -0.2) is 4.79 Å². The van der Waals surface area contributed by atoms with Crippen molar-refractivity contribution in [1.82, 2.24) is 9.47 Å². The fourth-order valence-electron chi connectivity index (χ4n) is 4.44. The molecule has 0 spiro atoms. The average Bonchev–Trinajstić information content (AvgIpc) is 3.25. The molecule has 0 bridgehead atoms. The van der Waals surface area contributed by atoms with E-state index in [0.717, 1.165) is 22.2 Å². The summed E-state index contributed by atoms with van der Waals surface area (Å²) in [5, 5.41) is 27.0. The van der Waals surface area contributed by atoms with Gasteiger partial charge in [0, 0.05) is 47.5 Å². The van der Waals surface area contributed by atoms with Gasteiger partial charge in [-0.3, -0.25) is 9.59 Å². The van der Waals surface area contributed by atoms with Crippen LogP contribution in [0.2, 0.25) is 0 Å². The first-order valence-electron chi connectivity index (χ1n) is 12.5. The number of amides is 3. The topological polar surface area (TPSA) is 124 Å². The maximum absolute atomic E-state index is 12.8. The molecule has 4 rings (SSSR count). The molecule has 0 fully saturated rings. The minimum atomic E-state index is -0.976. The van der Waals surface area contributed by atoms with E-state index >= 15 is 0 Å². The summed E-state index contributed by atoms with van der Waals surface area (Å²) in [5.74, 6) is -1.28. The summed E-state index contributed by atoms with van der Waals surface area (Å²) in [6, 6.07) is 19.6. The minimum absolute atomic E-state index is 0.0117. The number of hydrogen-bond donors (Lipinski definition) is 4. The molecule has 0 unspecified atom stereocenters. The number of carboxylic acids is 1. The van der Waals surface area contributed by atoms with Crippen LogP contribution in [0, 0.1) is 6.92 Å². The van der Waals surface area contributed by atoms with Gasteiger partial charge in [0.2, 0.25) is 0 Å². The normalized spacial score (nSPS) is 11.3. The van der Waals surface area contributed by atoms with E-state index in [9.17, 15) is 19.5 Å². The summed E-state index contributed by atoms with van der Waals surface area (Å²) in [6.07, 6.45) is 1.68. The summed E-state index contributed by atoms with van der Waals surface area (Å²) in [4.78, 5) is 37.4. The smallest absolute Gasteiger partial charge is 0.323 e. The number of aromatic nitrogens is 1. The Morgan fingerprint density at radius 2 is 1.67 bits per heavy atom. The van der Waals surface area contributed by atoms with Crippen LogP contribution >= 0.6 is 0 Å². The minimum Gasteiger partial charge on any atom is -0.494 e. The Bertz CT molecular complexity index is 1540. The van der Waals surface area contributed by atoms with E-state index in [-0.39, 0.29) is 30.8 Å². The molecule has 9 nitrogen and oxygen atoms in total. The number of nitrogens with zero attached hydrogens (tertiary/aromatic N) is 2. The van der Waals surface area contributed by atoms with Crippen molar-refractivity contribution >= 4 is 40.1 Å². The van der Waals surface area contributed by atoms with E-state index in [1.54, 1.807) is 41.9 Å². The van der Waals surface area contributed by atoms with Crippen molar-refractivity contribution in [2.24, 2.45) is 0 Å². The maximum Gasteiger partial charge on any atom is 0.323 e. The van der Waals surface area contributed by atoms with Crippen LogP contribution in [-0.2, 0) is 10.3 Å². The zero-order valence-corrected chi connectivity index (χ0v) is 22.4. The second-order valence-corrected chi connectivity index (χ2v) is 10.0. The third kappa shape index (κ3) is 5.87. The lowest BCUT2D eigenvalue weighted by molar-refractivity contribution is -0.137. The lowest BCUT2D eigenvalue weighted by Gasteiger charge is -2.28. The van der Waals surface area contributed by atoms with Gasteiger partial charge >= 0.3 is 12.0 Å². The number of carboxylic acid groups (broad SMARTS) is 1. The fraction of sp³-hybridized carbons (Fsp3) is 0.233. The summed E-state index contributed by atoms with van der Waals surface area (Å²) in [6.45, 7) is 5.94. The Balaban J connectivity index is 1.52. The van der Waals surface area contributed by atoms with Gasteiger partial charge in [-0.05, 0) is 62.2 Å². The zero-order valence-electron chi connectivity index (χ0n) is 22.4. The Hall–Kier alpha value is -4.79. The van der Waals surface area contributed by atoms with Crippen LogP contribution in [0.1, 0.15) is 41.8 Å². The molecule has 0 aliphatic heterocycles. The molecule has 0 radical (unpaired) electrons. The quantitative estimate of drug-likeness (QED) is 0.236. The molecule has 0 aliphatic carbocycles. The van der Waals surface area contributed by atoms with Gasteiger partial charge in [-0.15, -0.1) is 0 Å². The number of aryl methyl sites for hydroxylation is 1. The maximum atomic E-state index is 12.8. The molecular weight excluding hydrogens is 496 g/mol. The molecule has 4 N–H and O–H groups in total. The van der Waals surface area contributed by atoms with E-state index in [0.29, 0.717) is 16.6 Å². The second kappa shape index (κ2) is 10.9. The predicted octanol–water partition coefficient (Wildman–Crippen LogP) is 5.63. The van der Waals surface area contributed by atoms with Crippen LogP contribution in [0.15, 0.2) is 72.9 Å². The molecule has 9 heteroatoms. The van der Waals surface area contributed by atoms with Crippen LogP contribution in [0.3, 0.4) is 0 Å². The van der Waals surface area contributed by atoms with Gasteiger partial charge in [-0.2, -0.15) is 0 Å². The number of carbonyl (C=O) groups excluding carboxylic acids is 2. The van der Waals surface area contributed by atoms with E-state index < -0.39 is 11.5 Å². The highest BCUT2D eigenvalue weighted by molar-refractivity contribution is 6.01. The SMILES string of the molecule is Cc1ccccc1NC(=O)Nc1ccc(C(C)(C)n2cc3ccc(C(=O)N(C)CCC(=O)O)cc3c2O)cc1. The van der Waals surface area contributed by atoms with E-state index in [4.69, 9.17) is 5.11 Å². The fourth-order valence-corrected chi connectivity index (χ4v) is 4.44. The Labute approximate surface area is 226 Å². The van der Waals surface area contributed by atoms with Crippen molar-refractivity contribution in [2.45, 2.75) is 32.7 Å². The highest BCUT2D eigenvalue weighted by atomic mass is 16.4. The van der Waals surface area contributed by atoms with Crippen molar-refractivity contribution in [3.8, 4) is 5.88 Å². The first kappa shape index (κ1) is 27.3. The number of anilines is 2. The Morgan fingerprint density at radius 1 is 0.974 bits per heavy atom. The third-order valence-corrected chi connectivity index (χ3v) is 6.89. The number of aromatic hydroxyl groups is 1. The summed E-state index contributed by atoms with van der Waals surface area (Å²) >= 11 is 0. The molecule has 4 aromatic rings. The van der Waals surface area contributed by atoms with Gasteiger partial charge in [-0.1, -0.05) is 36.4 Å². The summed E-state index contributed by atoms with van der Waals surface area (Å²) < 4.78 is 1.74. The van der Waals surface area contributed by atoms with Crippen molar-refractivity contribution in [3.05, 3.63) is 89.6 Å². The molecule has 3 amide bonds. The zero-order chi connectivity index (χ0) is 28.3. The van der Waals surface area contributed by atoms with Crippen LogP contribution in [0.4, 0.5) is 16.2 Å². The average molecular weight is 529 g/mol. The van der Waals surface area contributed by atoms with Gasteiger partial charge < -0.3 is 30.3 Å². The highest BCUT2D eigenvalue weighted by Gasteiger charge is 2.27. The number of urea groups is 1. The summed E-state index contributed by atoms with van der Waals surface area (Å²) in [5.41, 5.74) is 2.92. The first-order chi connectivity index (χ1) is 18.5. The van der Waals surface area contributed by atoms with Crippen LogP contribution < -0.4 is 10.6 Å².